The molecule has 0 radical (unpaired) electrons. The van der Waals surface area contributed by atoms with Crippen LogP contribution in [0, 0.1) is 5.92 Å². The highest BCUT2D eigenvalue weighted by molar-refractivity contribution is 7.89. The van der Waals surface area contributed by atoms with E-state index in [1.807, 2.05) is 13.8 Å². The van der Waals surface area contributed by atoms with Crippen molar-refractivity contribution in [1.29, 1.82) is 0 Å². The van der Waals surface area contributed by atoms with Gasteiger partial charge >= 0.3 is 5.97 Å². The molecule has 0 atom stereocenters. The second-order valence-electron chi connectivity index (χ2n) is 4.64. The van der Waals surface area contributed by atoms with Crippen molar-refractivity contribution < 1.29 is 17.9 Å². The molecular weight excluding hydrogens is 254 g/mol. The summed E-state index contributed by atoms with van der Waals surface area (Å²) in [5.74, 6) is -0.256. The largest absolute Gasteiger partial charge is 0.468 e. The zero-order valence-electron chi connectivity index (χ0n) is 12.0. The van der Waals surface area contributed by atoms with Crippen molar-refractivity contribution in [3.8, 4) is 0 Å². The minimum atomic E-state index is -3.43. The molecule has 0 fully saturated rings. The summed E-state index contributed by atoms with van der Waals surface area (Å²) < 4.78 is 30.1. The first kappa shape index (κ1) is 17.4. The van der Waals surface area contributed by atoms with Gasteiger partial charge in [-0.2, -0.15) is 4.31 Å². The molecule has 18 heavy (non-hydrogen) atoms. The van der Waals surface area contributed by atoms with E-state index in [9.17, 15) is 13.2 Å². The molecule has 0 heterocycles. The Morgan fingerprint density at radius 1 is 1.22 bits per heavy atom. The van der Waals surface area contributed by atoms with Gasteiger partial charge in [0.05, 0.1) is 12.4 Å². The highest BCUT2D eigenvalue weighted by atomic mass is 32.2. The second kappa shape index (κ2) is 7.74. The topological polar surface area (TPSA) is 63.7 Å². The van der Waals surface area contributed by atoms with E-state index in [0.29, 0.717) is 6.54 Å². The summed E-state index contributed by atoms with van der Waals surface area (Å²) in [6, 6.07) is 0. The number of ether oxygens (including phenoxy) is 1. The van der Waals surface area contributed by atoms with Crippen LogP contribution in [0.25, 0.3) is 0 Å². The molecule has 0 unspecified atom stereocenters. The lowest BCUT2D eigenvalue weighted by Gasteiger charge is -2.26. The van der Waals surface area contributed by atoms with Crippen molar-refractivity contribution in [2.24, 2.45) is 5.92 Å². The van der Waals surface area contributed by atoms with E-state index in [1.54, 1.807) is 13.8 Å². The van der Waals surface area contributed by atoms with Gasteiger partial charge in [-0.25, -0.2) is 8.42 Å². The molecule has 0 rings (SSSR count). The van der Waals surface area contributed by atoms with Crippen LogP contribution in [0.2, 0.25) is 0 Å². The van der Waals surface area contributed by atoms with E-state index in [0.717, 1.165) is 12.8 Å². The van der Waals surface area contributed by atoms with Crippen LogP contribution in [0.15, 0.2) is 0 Å². The summed E-state index contributed by atoms with van der Waals surface area (Å²) in [6.45, 7) is 7.45. The average molecular weight is 279 g/mol. The van der Waals surface area contributed by atoms with Crippen molar-refractivity contribution in [2.45, 2.75) is 45.8 Å². The molecule has 5 nitrogen and oxygen atoms in total. The molecule has 0 aromatic carbocycles. The van der Waals surface area contributed by atoms with Crippen LogP contribution in [-0.4, -0.2) is 44.1 Å². The maximum absolute atomic E-state index is 12.2. The Kier molecular flexibility index (Phi) is 7.47. The fraction of sp³-hybridized carbons (Fsp3) is 0.917. The van der Waals surface area contributed by atoms with Gasteiger partial charge in [0, 0.05) is 6.54 Å². The van der Waals surface area contributed by atoms with Gasteiger partial charge in [0.15, 0.2) is 0 Å². The summed E-state index contributed by atoms with van der Waals surface area (Å²) in [7, 11) is -2.16. The molecule has 6 heteroatoms. The van der Waals surface area contributed by atoms with Gasteiger partial charge in [-0.1, -0.05) is 26.7 Å². The van der Waals surface area contributed by atoms with Crippen LogP contribution in [0.1, 0.15) is 40.5 Å². The van der Waals surface area contributed by atoms with Crippen molar-refractivity contribution in [1.82, 2.24) is 4.31 Å². The number of carbonyl (C=O) groups is 1. The molecule has 0 aromatic rings. The predicted octanol–water partition coefficient (Wildman–Crippen LogP) is 1.64. The van der Waals surface area contributed by atoms with E-state index < -0.39 is 21.2 Å². The molecular formula is C12H25NO4S. The molecule has 0 saturated carbocycles. The third kappa shape index (κ3) is 4.94. The van der Waals surface area contributed by atoms with E-state index >= 15 is 0 Å². The second-order valence-corrected chi connectivity index (χ2v) is 7.13. The third-order valence-electron chi connectivity index (χ3n) is 3.11. The van der Waals surface area contributed by atoms with Crippen LogP contribution in [0.5, 0.6) is 0 Å². The minimum Gasteiger partial charge on any atom is -0.468 e. The highest BCUT2D eigenvalue weighted by Gasteiger charge is 2.29. The van der Waals surface area contributed by atoms with Crippen LogP contribution >= 0.6 is 0 Å². The van der Waals surface area contributed by atoms with Gasteiger partial charge in [0.2, 0.25) is 10.0 Å². The normalized spacial score (nSPS) is 12.4. The lowest BCUT2D eigenvalue weighted by molar-refractivity contribution is -0.140. The first-order valence-corrected chi connectivity index (χ1v) is 7.85. The monoisotopic (exact) mass is 279 g/mol. The zero-order chi connectivity index (χ0) is 14.3. The smallest absolute Gasteiger partial charge is 0.321 e. The summed E-state index contributed by atoms with van der Waals surface area (Å²) in [5, 5.41) is -0.531. The van der Waals surface area contributed by atoms with Gasteiger partial charge in [-0.05, 0) is 19.8 Å². The predicted molar refractivity (Wildman–Crippen MR) is 71.7 cm³/mol. The van der Waals surface area contributed by atoms with Crippen molar-refractivity contribution in [3.63, 3.8) is 0 Å². The van der Waals surface area contributed by atoms with Gasteiger partial charge in [0.25, 0.3) is 0 Å². The molecule has 0 amide bonds. The Hall–Kier alpha value is -0.620. The van der Waals surface area contributed by atoms with Crippen LogP contribution in [0.4, 0.5) is 0 Å². The number of carbonyl (C=O) groups excluding carboxylic acids is 1. The number of methoxy groups -OCH3 is 1. The van der Waals surface area contributed by atoms with Crippen LogP contribution < -0.4 is 0 Å². The van der Waals surface area contributed by atoms with Gasteiger partial charge < -0.3 is 4.74 Å². The maximum Gasteiger partial charge on any atom is 0.321 e. The number of rotatable bonds is 8. The van der Waals surface area contributed by atoms with Crippen LogP contribution in [0.3, 0.4) is 0 Å². The van der Waals surface area contributed by atoms with Gasteiger partial charge in [-0.15, -0.1) is 0 Å². The highest BCUT2D eigenvalue weighted by Crippen LogP contribution is 2.16. The molecule has 0 aromatic heterocycles. The Bertz CT molecular complexity index is 347. The average Bonchev–Trinajstić information content (AvgIpc) is 2.33. The SMILES string of the molecule is CCC(CC)CN(CC(=O)OC)S(=O)(=O)C(C)C. The van der Waals surface area contributed by atoms with Crippen molar-refractivity contribution in [3.05, 3.63) is 0 Å². The Labute approximate surface area is 111 Å². The van der Waals surface area contributed by atoms with Crippen LogP contribution in [-0.2, 0) is 19.6 Å². The molecule has 0 aliphatic heterocycles. The van der Waals surface area contributed by atoms with Gasteiger partial charge in [-0.3, -0.25) is 4.79 Å². The van der Waals surface area contributed by atoms with E-state index in [4.69, 9.17) is 0 Å². The van der Waals surface area contributed by atoms with E-state index in [2.05, 4.69) is 4.74 Å². The summed E-state index contributed by atoms with van der Waals surface area (Å²) >= 11 is 0. The summed E-state index contributed by atoms with van der Waals surface area (Å²) in [6.07, 6.45) is 1.78. The number of hydrogen-bond donors (Lipinski definition) is 0. The van der Waals surface area contributed by atoms with Crippen molar-refractivity contribution in [2.75, 3.05) is 20.2 Å². The lowest BCUT2D eigenvalue weighted by Crippen LogP contribution is -2.42. The molecule has 0 N–H and O–H groups in total. The van der Waals surface area contributed by atoms with Crippen molar-refractivity contribution >= 4 is 16.0 Å². The van der Waals surface area contributed by atoms with E-state index in [1.165, 1.54) is 11.4 Å². The Balaban J connectivity index is 5.00. The first-order valence-electron chi connectivity index (χ1n) is 6.35. The summed E-state index contributed by atoms with van der Waals surface area (Å²) in [4.78, 5) is 11.3. The molecule has 0 saturated heterocycles. The number of nitrogens with zero attached hydrogens (tertiary/aromatic N) is 1. The Morgan fingerprint density at radius 3 is 2.06 bits per heavy atom. The quantitative estimate of drug-likeness (QED) is 0.634. The van der Waals surface area contributed by atoms with E-state index in [-0.39, 0.29) is 12.5 Å². The zero-order valence-corrected chi connectivity index (χ0v) is 12.8. The maximum atomic E-state index is 12.2. The molecule has 0 spiro atoms. The first-order chi connectivity index (χ1) is 8.29. The Morgan fingerprint density at radius 2 is 1.72 bits per heavy atom. The lowest BCUT2D eigenvalue weighted by atomic mass is 10.0. The summed E-state index contributed by atoms with van der Waals surface area (Å²) in [5.41, 5.74) is 0. The fourth-order valence-corrected chi connectivity index (χ4v) is 2.90. The standard InChI is InChI=1S/C12H25NO4S/c1-6-11(7-2)8-13(9-12(14)17-5)18(15,16)10(3)4/h10-11H,6-9H2,1-5H3. The molecule has 0 bridgehead atoms. The van der Waals surface area contributed by atoms with Gasteiger partial charge in [0.1, 0.15) is 6.54 Å². The minimum absolute atomic E-state index is 0.201. The number of esters is 1. The number of sulfonamides is 1. The molecule has 0 aliphatic rings. The fourth-order valence-electron chi connectivity index (χ4n) is 1.60. The molecule has 0 aliphatic carbocycles. The molecule has 108 valence electrons. The third-order valence-corrected chi connectivity index (χ3v) is 5.29. The number of hydrogen-bond acceptors (Lipinski definition) is 4.